The number of hydrogen-bond acceptors (Lipinski definition) is 2. The first-order valence-corrected chi connectivity index (χ1v) is 18.9. The monoisotopic (exact) mass is 577 g/mol. The maximum Gasteiger partial charge on any atom is 0.220 e. The molecule has 1 amide bonds. The summed E-state index contributed by atoms with van der Waals surface area (Å²) >= 11 is 0. The van der Waals surface area contributed by atoms with Crippen LogP contribution in [-0.4, -0.2) is 38.0 Å². The maximum absolute atomic E-state index is 12.0. The predicted molar refractivity (Wildman–Crippen MR) is 183 cm³/mol. The van der Waals surface area contributed by atoms with Gasteiger partial charge >= 0.3 is 0 Å². The SMILES string of the molecule is CCCCCCCCCCC(CCCCCCCCCC)CCCCC1(CCCCNC(=O)CCCN(C)C)CC1. The molecule has 1 aliphatic rings. The molecule has 1 fully saturated rings. The summed E-state index contributed by atoms with van der Waals surface area (Å²) < 4.78 is 0. The molecule has 0 aromatic rings. The van der Waals surface area contributed by atoms with Gasteiger partial charge in [-0.3, -0.25) is 4.79 Å². The molecule has 3 heteroatoms. The van der Waals surface area contributed by atoms with Gasteiger partial charge in [-0.1, -0.05) is 155 Å². The average molecular weight is 577 g/mol. The highest BCUT2D eigenvalue weighted by atomic mass is 16.1. The van der Waals surface area contributed by atoms with Gasteiger partial charge < -0.3 is 10.2 Å². The molecular formula is C38H76N2O. The Labute approximate surface area is 259 Å². The molecule has 1 aliphatic carbocycles. The molecule has 0 unspecified atom stereocenters. The van der Waals surface area contributed by atoms with E-state index in [1.807, 2.05) is 0 Å². The summed E-state index contributed by atoms with van der Waals surface area (Å²) in [5, 5.41) is 3.14. The summed E-state index contributed by atoms with van der Waals surface area (Å²) in [5.41, 5.74) is 0.681. The van der Waals surface area contributed by atoms with E-state index in [1.54, 1.807) is 0 Å². The van der Waals surface area contributed by atoms with Gasteiger partial charge in [0.25, 0.3) is 0 Å². The molecule has 1 N–H and O–H groups in total. The Bertz CT molecular complexity index is 551. The van der Waals surface area contributed by atoms with Gasteiger partial charge in [-0.2, -0.15) is 0 Å². The fraction of sp³-hybridized carbons (Fsp3) is 0.974. The van der Waals surface area contributed by atoms with Crippen LogP contribution in [0.1, 0.15) is 200 Å². The second kappa shape index (κ2) is 27.0. The minimum absolute atomic E-state index is 0.237. The summed E-state index contributed by atoms with van der Waals surface area (Å²) in [6, 6.07) is 0. The average Bonchev–Trinajstić information content (AvgIpc) is 3.72. The topological polar surface area (TPSA) is 32.3 Å². The van der Waals surface area contributed by atoms with Crippen molar-refractivity contribution in [3.05, 3.63) is 0 Å². The zero-order chi connectivity index (χ0) is 29.9. The van der Waals surface area contributed by atoms with Crippen LogP contribution in [0, 0.1) is 11.3 Å². The van der Waals surface area contributed by atoms with Crippen LogP contribution in [0.4, 0.5) is 0 Å². The molecule has 0 atom stereocenters. The Hall–Kier alpha value is -0.570. The second-order valence-corrected chi connectivity index (χ2v) is 14.4. The van der Waals surface area contributed by atoms with Gasteiger partial charge in [0.05, 0.1) is 0 Å². The molecule has 0 saturated heterocycles. The van der Waals surface area contributed by atoms with Crippen molar-refractivity contribution in [3.63, 3.8) is 0 Å². The van der Waals surface area contributed by atoms with E-state index in [-0.39, 0.29) is 5.91 Å². The van der Waals surface area contributed by atoms with E-state index in [9.17, 15) is 4.79 Å². The normalized spacial score (nSPS) is 14.3. The first kappa shape index (κ1) is 38.5. The summed E-state index contributed by atoms with van der Waals surface area (Å²) in [6.45, 7) is 6.50. The van der Waals surface area contributed by atoms with E-state index in [2.05, 4.69) is 38.2 Å². The van der Waals surface area contributed by atoms with Crippen LogP contribution in [0.15, 0.2) is 0 Å². The minimum Gasteiger partial charge on any atom is -0.356 e. The number of carbonyl (C=O) groups is 1. The van der Waals surface area contributed by atoms with Crippen molar-refractivity contribution in [1.29, 1.82) is 0 Å². The van der Waals surface area contributed by atoms with Gasteiger partial charge in [-0.15, -0.1) is 0 Å². The van der Waals surface area contributed by atoms with E-state index in [0.717, 1.165) is 31.8 Å². The van der Waals surface area contributed by atoms with Crippen LogP contribution < -0.4 is 5.32 Å². The molecule has 0 radical (unpaired) electrons. The van der Waals surface area contributed by atoms with Crippen molar-refractivity contribution in [2.45, 2.75) is 200 Å². The third-order valence-corrected chi connectivity index (χ3v) is 9.92. The Balaban J connectivity index is 2.18. The number of unbranched alkanes of at least 4 members (excludes halogenated alkanes) is 16. The van der Waals surface area contributed by atoms with Crippen LogP contribution in [0.3, 0.4) is 0 Å². The van der Waals surface area contributed by atoms with Crippen LogP contribution in [0.5, 0.6) is 0 Å². The first-order valence-electron chi connectivity index (χ1n) is 18.9. The molecule has 0 aromatic heterocycles. The third-order valence-electron chi connectivity index (χ3n) is 9.92. The van der Waals surface area contributed by atoms with Gasteiger partial charge in [0.1, 0.15) is 0 Å². The summed E-state index contributed by atoms with van der Waals surface area (Å²) in [5.74, 6) is 1.23. The molecule has 3 nitrogen and oxygen atoms in total. The number of hydrogen-bond donors (Lipinski definition) is 1. The van der Waals surface area contributed by atoms with Gasteiger partial charge in [0.15, 0.2) is 0 Å². The number of nitrogens with one attached hydrogen (secondary N) is 1. The molecule has 0 spiro atoms. The van der Waals surface area contributed by atoms with Gasteiger partial charge in [0, 0.05) is 13.0 Å². The Morgan fingerprint density at radius 3 is 1.51 bits per heavy atom. The van der Waals surface area contributed by atoms with E-state index in [1.165, 1.54) is 167 Å². The molecule has 1 rings (SSSR count). The molecular weight excluding hydrogens is 500 g/mol. The number of nitrogens with zero attached hydrogens (tertiary/aromatic N) is 1. The quantitative estimate of drug-likeness (QED) is 0.0808. The lowest BCUT2D eigenvalue weighted by Gasteiger charge is -2.19. The highest BCUT2D eigenvalue weighted by molar-refractivity contribution is 5.75. The highest BCUT2D eigenvalue weighted by Crippen LogP contribution is 2.53. The largest absolute Gasteiger partial charge is 0.356 e. The Kier molecular flexibility index (Phi) is 25.3. The van der Waals surface area contributed by atoms with Crippen LogP contribution in [-0.2, 0) is 4.79 Å². The smallest absolute Gasteiger partial charge is 0.220 e. The maximum atomic E-state index is 12.0. The second-order valence-electron chi connectivity index (χ2n) is 14.4. The lowest BCUT2D eigenvalue weighted by Crippen LogP contribution is -2.25. The van der Waals surface area contributed by atoms with Crippen molar-refractivity contribution in [2.24, 2.45) is 11.3 Å². The molecule has 0 heterocycles. The molecule has 41 heavy (non-hydrogen) atoms. The summed E-state index contributed by atoms with van der Waals surface area (Å²) in [6.07, 6.45) is 40.4. The van der Waals surface area contributed by atoms with Crippen molar-refractivity contribution < 1.29 is 4.79 Å². The van der Waals surface area contributed by atoms with Gasteiger partial charge in [0.2, 0.25) is 5.91 Å². The van der Waals surface area contributed by atoms with E-state index in [0.29, 0.717) is 11.8 Å². The number of rotatable bonds is 32. The third kappa shape index (κ3) is 24.6. The predicted octanol–water partition coefficient (Wildman–Crippen LogP) is 11.6. The Morgan fingerprint density at radius 2 is 1.05 bits per heavy atom. The van der Waals surface area contributed by atoms with Gasteiger partial charge in [-0.05, 0) is 70.5 Å². The van der Waals surface area contributed by atoms with Crippen molar-refractivity contribution in [1.82, 2.24) is 10.2 Å². The zero-order valence-electron chi connectivity index (χ0n) is 28.9. The fourth-order valence-corrected chi connectivity index (χ4v) is 6.80. The van der Waals surface area contributed by atoms with E-state index in [4.69, 9.17) is 0 Å². The number of carbonyl (C=O) groups excluding carboxylic acids is 1. The standard InChI is InChI=1S/C38H76N2O/c1-5-7-9-11-13-15-17-19-26-36(27-20-18-16-14-12-10-8-6-2)28-21-22-30-38(32-33-38)31-23-24-34-39-37(41)29-25-35-40(3)4/h36H,5-35H2,1-4H3,(H,39,41). The first-order chi connectivity index (χ1) is 20.0. The van der Waals surface area contributed by atoms with Crippen LogP contribution in [0.25, 0.3) is 0 Å². The van der Waals surface area contributed by atoms with Crippen molar-refractivity contribution >= 4 is 5.91 Å². The van der Waals surface area contributed by atoms with Crippen LogP contribution in [0.2, 0.25) is 0 Å². The molecule has 1 saturated carbocycles. The minimum atomic E-state index is 0.237. The molecule has 244 valence electrons. The summed E-state index contributed by atoms with van der Waals surface area (Å²) in [4.78, 5) is 14.1. The lowest BCUT2D eigenvalue weighted by molar-refractivity contribution is -0.121. The zero-order valence-corrected chi connectivity index (χ0v) is 28.9. The molecule has 0 aromatic carbocycles. The van der Waals surface area contributed by atoms with Crippen molar-refractivity contribution in [3.8, 4) is 0 Å². The highest BCUT2D eigenvalue weighted by Gasteiger charge is 2.40. The van der Waals surface area contributed by atoms with Crippen molar-refractivity contribution in [2.75, 3.05) is 27.2 Å². The molecule has 0 bridgehead atoms. The number of amides is 1. The lowest BCUT2D eigenvalue weighted by atomic mass is 9.87. The molecule has 0 aliphatic heterocycles. The fourth-order valence-electron chi connectivity index (χ4n) is 6.80. The summed E-state index contributed by atoms with van der Waals surface area (Å²) in [7, 11) is 4.14. The van der Waals surface area contributed by atoms with E-state index >= 15 is 0 Å². The van der Waals surface area contributed by atoms with Gasteiger partial charge in [-0.25, -0.2) is 0 Å². The van der Waals surface area contributed by atoms with Crippen LogP contribution >= 0.6 is 0 Å². The van der Waals surface area contributed by atoms with E-state index < -0.39 is 0 Å². The Morgan fingerprint density at radius 1 is 0.610 bits per heavy atom.